The van der Waals surface area contributed by atoms with E-state index in [1.54, 1.807) is 20.8 Å². The molecule has 2 heterocycles. The predicted octanol–water partition coefficient (Wildman–Crippen LogP) is 7.74. The topological polar surface area (TPSA) is 40.5 Å². The minimum atomic E-state index is -4.68. The van der Waals surface area contributed by atoms with Gasteiger partial charge in [0.05, 0.1) is 5.56 Å². The molecule has 4 rings (SSSR count). The van der Waals surface area contributed by atoms with Crippen molar-refractivity contribution in [3.8, 4) is 0 Å². The normalized spacial score (nSPS) is 26.4. The molecule has 2 aromatic carbocycles. The van der Waals surface area contributed by atoms with E-state index >= 15 is 4.39 Å². The molecule has 222 valence electrons. The van der Waals surface area contributed by atoms with E-state index in [0.29, 0.717) is 6.42 Å². The number of hydrogen-bond donors (Lipinski definition) is 1. The maximum absolute atomic E-state index is 15.7. The van der Waals surface area contributed by atoms with Crippen molar-refractivity contribution < 1.29 is 27.5 Å². The summed E-state index contributed by atoms with van der Waals surface area (Å²) in [5, 5.41) is 9.89. The van der Waals surface area contributed by atoms with Gasteiger partial charge in [0.2, 0.25) is 0 Å². The number of aryl methyl sites for hydroxylation is 1. The molecule has 41 heavy (non-hydrogen) atoms. The van der Waals surface area contributed by atoms with Crippen molar-refractivity contribution in [3.05, 3.63) is 95.1 Å². The van der Waals surface area contributed by atoms with Gasteiger partial charge in [-0.3, -0.25) is 9.69 Å². The van der Waals surface area contributed by atoms with Crippen LogP contribution >= 0.6 is 0 Å². The summed E-state index contributed by atoms with van der Waals surface area (Å²) in [5.74, 6) is -1.39. The molecule has 2 saturated heterocycles. The average Bonchev–Trinajstić information content (AvgIpc) is 3.39. The fraction of sp³-hybridized carbons (Fsp3) is 0.500. The van der Waals surface area contributed by atoms with E-state index in [0.717, 1.165) is 48.8 Å². The Labute approximate surface area is 241 Å². The second kappa shape index (κ2) is 12.2. The van der Waals surface area contributed by atoms with E-state index in [2.05, 4.69) is 17.5 Å². The van der Waals surface area contributed by atoms with Gasteiger partial charge < -0.3 is 5.11 Å². The van der Waals surface area contributed by atoms with Gasteiger partial charge >= 0.3 is 6.18 Å². The number of rotatable bonds is 9. The van der Waals surface area contributed by atoms with Crippen LogP contribution in [0.25, 0.3) is 0 Å². The highest BCUT2D eigenvalue weighted by molar-refractivity contribution is 5.85. The molecular formula is C34H41F4NO2. The van der Waals surface area contributed by atoms with Crippen molar-refractivity contribution in [3.63, 3.8) is 0 Å². The second-order valence-electron chi connectivity index (χ2n) is 11.9. The van der Waals surface area contributed by atoms with Crippen LogP contribution in [-0.4, -0.2) is 41.5 Å². The average molecular weight is 572 g/mol. The predicted molar refractivity (Wildman–Crippen MR) is 154 cm³/mol. The highest BCUT2D eigenvalue weighted by Crippen LogP contribution is 2.47. The lowest BCUT2D eigenvalue weighted by Crippen LogP contribution is -2.47. The van der Waals surface area contributed by atoms with Crippen LogP contribution in [0.3, 0.4) is 0 Å². The van der Waals surface area contributed by atoms with Crippen LogP contribution in [0.5, 0.6) is 0 Å². The molecule has 7 atom stereocenters. The molecule has 7 heteroatoms. The smallest absolute Gasteiger partial charge is 0.396 e. The van der Waals surface area contributed by atoms with Crippen LogP contribution in [0.4, 0.5) is 17.6 Å². The number of hydrogen-bond acceptors (Lipinski definition) is 3. The Morgan fingerprint density at radius 2 is 1.83 bits per heavy atom. The standard InChI is InChI=1S/C34H41F4NO2/c1-6-13-33(35,7-2)26-16-25(17-27(18-26)34(36,37)38)22(4)23(5)32(41)29-12-14-39-19-24(20-40)15-30(39)31(29)28-11-9-8-10-21(28)3/h6-11,13,16-18,22-24,29-31,40H,2,12,14-15,19-20H2,1,3-5H3/b13-6+/t22-,23?,24?,29?,30?,31?,33?/m0/s1. The molecule has 2 aliphatic rings. The third-order valence-corrected chi connectivity index (χ3v) is 9.44. The van der Waals surface area contributed by atoms with Gasteiger partial charge in [-0.25, -0.2) is 4.39 Å². The molecule has 0 aliphatic carbocycles. The largest absolute Gasteiger partial charge is 0.416 e. The summed E-state index contributed by atoms with van der Waals surface area (Å²) < 4.78 is 57.6. The zero-order valence-corrected chi connectivity index (χ0v) is 24.3. The van der Waals surface area contributed by atoms with Crippen LogP contribution in [0.15, 0.2) is 67.3 Å². The molecule has 0 amide bonds. The van der Waals surface area contributed by atoms with Crippen molar-refractivity contribution in [1.29, 1.82) is 0 Å². The molecule has 0 aromatic heterocycles. The molecule has 1 N–H and O–H groups in total. The van der Waals surface area contributed by atoms with E-state index in [4.69, 9.17) is 0 Å². The summed E-state index contributed by atoms with van der Waals surface area (Å²) in [6.45, 7) is 12.3. The molecule has 3 nitrogen and oxygen atoms in total. The number of benzene rings is 2. The molecule has 6 unspecified atom stereocenters. The van der Waals surface area contributed by atoms with Gasteiger partial charge in [-0.05, 0) is 91.6 Å². The minimum Gasteiger partial charge on any atom is -0.396 e. The van der Waals surface area contributed by atoms with Gasteiger partial charge in [0, 0.05) is 36.9 Å². The number of aliphatic hydroxyl groups is 1. The maximum atomic E-state index is 15.7. The van der Waals surface area contributed by atoms with Gasteiger partial charge in [0.25, 0.3) is 0 Å². The molecule has 0 saturated carbocycles. The first kappa shape index (κ1) is 31.2. The van der Waals surface area contributed by atoms with Crippen LogP contribution in [0.2, 0.25) is 0 Å². The Kier molecular flexibility index (Phi) is 9.29. The highest BCUT2D eigenvalue weighted by atomic mass is 19.4. The Balaban J connectivity index is 1.72. The molecule has 0 bridgehead atoms. The lowest BCUT2D eigenvalue weighted by molar-refractivity contribution is -0.137. The van der Waals surface area contributed by atoms with Crippen LogP contribution < -0.4 is 0 Å². The van der Waals surface area contributed by atoms with Crippen molar-refractivity contribution in [2.45, 2.75) is 70.3 Å². The first-order chi connectivity index (χ1) is 19.3. The zero-order valence-electron chi connectivity index (χ0n) is 24.3. The Bertz CT molecular complexity index is 1290. The summed E-state index contributed by atoms with van der Waals surface area (Å²) in [6.07, 6.45) is 0.380. The van der Waals surface area contributed by atoms with E-state index in [1.165, 1.54) is 18.2 Å². The third-order valence-electron chi connectivity index (χ3n) is 9.44. The SMILES string of the molecule is C=CC(F)(/C=C/C)c1cc([C@@H](C)C(C)C(=O)C2CCN3CC(CO)CC3C2c2ccccc2C)cc(C(F)(F)F)c1. The Morgan fingerprint density at radius 3 is 2.44 bits per heavy atom. The first-order valence-corrected chi connectivity index (χ1v) is 14.5. The van der Waals surface area contributed by atoms with E-state index < -0.39 is 29.2 Å². The molecule has 0 radical (unpaired) electrons. The fourth-order valence-corrected chi connectivity index (χ4v) is 6.95. The maximum Gasteiger partial charge on any atom is 0.416 e. The summed E-state index contributed by atoms with van der Waals surface area (Å²) in [7, 11) is 0. The molecular weight excluding hydrogens is 530 g/mol. The third kappa shape index (κ3) is 6.21. The number of carbonyl (C=O) groups is 1. The zero-order chi connectivity index (χ0) is 30.1. The number of allylic oxidation sites excluding steroid dienone is 3. The van der Waals surface area contributed by atoms with Crippen molar-refractivity contribution in [2.24, 2.45) is 17.8 Å². The first-order valence-electron chi connectivity index (χ1n) is 14.5. The van der Waals surface area contributed by atoms with Crippen LogP contribution in [-0.2, 0) is 16.6 Å². The number of piperidine rings is 1. The van der Waals surface area contributed by atoms with E-state index in [1.807, 2.05) is 25.1 Å². The number of ketones is 1. The minimum absolute atomic E-state index is 0.0144. The molecule has 2 aromatic rings. The summed E-state index contributed by atoms with van der Waals surface area (Å²) in [6, 6.07) is 11.5. The second-order valence-corrected chi connectivity index (χ2v) is 11.9. The number of aliphatic hydroxyl groups excluding tert-OH is 1. The summed E-state index contributed by atoms with van der Waals surface area (Å²) >= 11 is 0. The van der Waals surface area contributed by atoms with Gasteiger partial charge in [0.1, 0.15) is 5.78 Å². The van der Waals surface area contributed by atoms with Crippen molar-refractivity contribution in [1.82, 2.24) is 4.90 Å². The lowest BCUT2D eigenvalue weighted by atomic mass is 9.68. The number of carbonyl (C=O) groups excluding carboxylic acids is 1. The van der Waals surface area contributed by atoms with Gasteiger partial charge in [-0.15, -0.1) is 0 Å². The lowest BCUT2D eigenvalue weighted by Gasteiger charge is -2.43. The monoisotopic (exact) mass is 571 g/mol. The number of alkyl halides is 4. The van der Waals surface area contributed by atoms with E-state index in [-0.39, 0.29) is 47.3 Å². The Morgan fingerprint density at radius 1 is 1.15 bits per heavy atom. The van der Waals surface area contributed by atoms with Crippen molar-refractivity contribution in [2.75, 3.05) is 19.7 Å². The quantitative estimate of drug-likeness (QED) is 0.247. The summed E-state index contributed by atoms with van der Waals surface area (Å²) in [5.41, 5.74) is -0.895. The van der Waals surface area contributed by atoms with E-state index in [9.17, 15) is 23.1 Å². The van der Waals surface area contributed by atoms with Crippen LogP contribution in [0, 0.1) is 24.7 Å². The molecule has 0 spiro atoms. The number of halogens is 4. The summed E-state index contributed by atoms with van der Waals surface area (Å²) in [4.78, 5) is 16.7. The number of fused-ring (bicyclic) bond motifs is 1. The molecule has 2 fully saturated rings. The van der Waals surface area contributed by atoms with Crippen LogP contribution in [0.1, 0.15) is 73.3 Å². The molecule has 2 aliphatic heterocycles. The number of Topliss-reactive ketones (excluding diaryl/α,β-unsaturated/α-hetero) is 1. The van der Waals surface area contributed by atoms with Gasteiger partial charge in [-0.1, -0.05) is 56.8 Å². The van der Waals surface area contributed by atoms with Gasteiger partial charge in [0.15, 0.2) is 5.67 Å². The van der Waals surface area contributed by atoms with Crippen molar-refractivity contribution >= 4 is 5.78 Å². The highest BCUT2D eigenvalue weighted by Gasteiger charge is 2.48. The van der Waals surface area contributed by atoms with Gasteiger partial charge in [-0.2, -0.15) is 13.2 Å². The Hall–Kier alpha value is -2.77. The number of nitrogens with zero attached hydrogens (tertiary/aromatic N) is 1. The fourth-order valence-electron chi connectivity index (χ4n) is 6.95.